The fraction of sp³-hybridized carbons (Fsp3) is 0.407. The number of Topliss-reactive ketones (excluding diaryl/α,β-unsaturated/α-hetero) is 1. The Kier molecular flexibility index (Phi) is 9.66. The predicted octanol–water partition coefficient (Wildman–Crippen LogP) is 3.77. The van der Waals surface area contributed by atoms with E-state index in [4.69, 9.17) is 35.3 Å². The summed E-state index contributed by atoms with van der Waals surface area (Å²) in [7, 11) is 0. The number of carbonyl (C=O) groups is 4. The van der Waals surface area contributed by atoms with Crippen molar-refractivity contribution < 1.29 is 42.9 Å². The van der Waals surface area contributed by atoms with E-state index in [1.807, 2.05) is 31.2 Å². The van der Waals surface area contributed by atoms with Crippen molar-refractivity contribution in [3.63, 3.8) is 0 Å². The van der Waals surface area contributed by atoms with Crippen LogP contribution >= 0.6 is 11.6 Å². The largest absolute Gasteiger partial charge is 0.494 e. The zero-order valence-electron chi connectivity index (χ0n) is 21.0. The van der Waals surface area contributed by atoms with E-state index in [0.29, 0.717) is 23.6 Å². The molecule has 0 spiro atoms. The van der Waals surface area contributed by atoms with Gasteiger partial charge in [0.25, 0.3) is 0 Å². The minimum atomic E-state index is -1.45. The summed E-state index contributed by atoms with van der Waals surface area (Å²) >= 11 is 6.46. The molecular formula is C27H29ClO9. The van der Waals surface area contributed by atoms with E-state index < -0.39 is 48.1 Å². The summed E-state index contributed by atoms with van der Waals surface area (Å²) < 4.78 is 27.1. The second kappa shape index (κ2) is 12.7. The van der Waals surface area contributed by atoms with E-state index in [1.165, 1.54) is 6.92 Å². The average molecular weight is 533 g/mol. The van der Waals surface area contributed by atoms with Gasteiger partial charge in [-0.3, -0.25) is 19.2 Å². The van der Waals surface area contributed by atoms with Gasteiger partial charge in [-0.15, -0.1) is 0 Å². The molecular weight excluding hydrogens is 504 g/mol. The lowest BCUT2D eigenvalue weighted by atomic mass is 9.91. The Bertz CT molecular complexity index is 1150. The van der Waals surface area contributed by atoms with Crippen LogP contribution in [0.4, 0.5) is 0 Å². The smallest absolute Gasteiger partial charge is 0.303 e. The molecule has 1 fully saturated rings. The van der Waals surface area contributed by atoms with Gasteiger partial charge in [0.2, 0.25) is 11.9 Å². The van der Waals surface area contributed by atoms with Crippen LogP contribution < -0.4 is 4.74 Å². The first-order valence-electron chi connectivity index (χ1n) is 11.8. The number of hydrogen-bond acceptors (Lipinski definition) is 9. The standard InChI is InChI=1S/C27H29ClO9/c1-5-33-21-9-6-18(7-10-21)12-20-13-19(8-11-22(20)28)25-24(32)27(36-17(4)31)26(35-16(3)30)23(37-25)14-34-15(2)29/h6-11,13,23,25-27H,5,12,14H2,1-4H3/t23-,25?,26-,27-/m1/s1. The monoisotopic (exact) mass is 532 g/mol. The van der Waals surface area contributed by atoms with Crippen LogP contribution in [0.3, 0.4) is 0 Å². The third-order valence-corrected chi connectivity index (χ3v) is 5.93. The van der Waals surface area contributed by atoms with Crippen molar-refractivity contribution in [2.75, 3.05) is 13.2 Å². The summed E-state index contributed by atoms with van der Waals surface area (Å²) in [5.74, 6) is -1.91. The second-order valence-electron chi connectivity index (χ2n) is 8.47. The Morgan fingerprint density at radius 1 is 0.946 bits per heavy atom. The highest BCUT2D eigenvalue weighted by atomic mass is 35.5. The van der Waals surface area contributed by atoms with Crippen LogP contribution in [0, 0.1) is 0 Å². The molecule has 4 atom stereocenters. The maximum atomic E-state index is 13.4. The Morgan fingerprint density at radius 2 is 1.62 bits per heavy atom. The number of halogens is 1. The molecule has 3 rings (SSSR count). The van der Waals surface area contributed by atoms with Gasteiger partial charge in [0, 0.05) is 25.8 Å². The number of hydrogen-bond donors (Lipinski definition) is 0. The molecule has 1 aliphatic heterocycles. The van der Waals surface area contributed by atoms with Crippen molar-refractivity contribution in [1.29, 1.82) is 0 Å². The van der Waals surface area contributed by atoms with Crippen molar-refractivity contribution in [2.45, 2.75) is 58.5 Å². The highest BCUT2D eigenvalue weighted by molar-refractivity contribution is 6.31. The number of rotatable bonds is 9. The van der Waals surface area contributed by atoms with Crippen molar-refractivity contribution in [2.24, 2.45) is 0 Å². The van der Waals surface area contributed by atoms with E-state index in [2.05, 4.69) is 0 Å². The SMILES string of the molecule is CCOc1ccc(Cc2cc(C3O[C@H](COC(C)=O)[C@@H](OC(C)=O)[C@H](OC(C)=O)C3=O)ccc2Cl)cc1. The van der Waals surface area contributed by atoms with E-state index in [1.54, 1.807) is 18.2 Å². The summed E-state index contributed by atoms with van der Waals surface area (Å²) in [5.41, 5.74) is 2.17. The van der Waals surface area contributed by atoms with Crippen molar-refractivity contribution in [3.05, 3.63) is 64.2 Å². The zero-order chi connectivity index (χ0) is 27.1. The molecule has 0 N–H and O–H groups in total. The van der Waals surface area contributed by atoms with Gasteiger partial charge in [0.05, 0.1) is 6.61 Å². The van der Waals surface area contributed by atoms with Crippen LogP contribution in [0.5, 0.6) is 5.75 Å². The molecule has 1 saturated heterocycles. The van der Waals surface area contributed by atoms with Crippen molar-refractivity contribution in [1.82, 2.24) is 0 Å². The highest BCUT2D eigenvalue weighted by Crippen LogP contribution is 2.34. The topological polar surface area (TPSA) is 114 Å². The molecule has 0 bridgehead atoms. The molecule has 0 radical (unpaired) electrons. The van der Waals surface area contributed by atoms with Crippen LogP contribution in [0.1, 0.15) is 50.5 Å². The molecule has 1 aliphatic rings. The number of ketones is 1. The molecule has 1 unspecified atom stereocenters. The minimum absolute atomic E-state index is 0.318. The van der Waals surface area contributed by atoms with E-state index in [9.17, 15) is 19.2 Å². The third kappa shape index (κ3) is 7.53. The number of esters is 3. The zero-order valence-corrected chi connectivity index (χ0v) is 21.8. The summed E-state index contributed by atoms with van der Waals surface area (Å²) in [6.07, 6.45) is -4.52. The van der Waals surface area contributed by atoms with Crippen LogP contribution in [-0.4, -0.2) is 55.2 Å². The summed E-state index contributed by atoms with van der Waals surface area (Å²) in [6.45, 7) is 5.65. The van der Waals surface area contributed by atoms with Gasteiger partial charge < -0.3 is 23.7 Å². The number of carbonyl (C=O) groups excluding carboxylic acids is 4. The molecule has 0 aliphatic carbocycles. The first-order chi connectivity index (χ1) is 17.6. The number of ether oxygens (including phenoxy) is 5. The van der Waals surface area contributed by atoms with Crippen molar-refractivity contribution in [3.8, 4) is 5.75 Å². The Morgan fingerprint density at radius 3 is 2.22 bits per heavy atom. The molecule has 2 aromatic rings. The molecule has 9 nitrogen and oxygen atoms in total. The van der Waals surface area contributed by atoms with Crippen LogP contribution in [0.15, 0.2) is 42.5 Å². The molecule has 0 aromatic heterocycles. The van der Waals surface area contributed by atoms with Crippen molar-refractivity contribution >= 4 is 35.3 Å². The molecule has 10 heteroatoms. The molecule has 198 valence electrons. The van der Waals surface area contributed by atoms with Crippen LogP contribution in [-0.2, 0) is 44.5 Å². The van der Waals surface area contributed by atoms with Gasteiger partial charge in [-0.05, 0) is 48.2 Å². The average Bonchev–Trinajstić information content (AvgIpc) is 2.83. The maximum Gasteiger partial charge on any atom is 0.303 e. The Labute approximate surface area is 219 Å². The molecule has 0 amide bonds. The fourth-order valence-corrected chi connectivity index (χ4v) is 4.20. The van der Waals surface area contributed by atoms with Crippen LogP contribution in [0.25, 0.3) is 0 Å². The minimum Gasteiger partial charge on any atom is -0.494 e. The third-order valence-electron chi connectivity index (χ3n) is 5.56. The van der Waals surface area contributed by atoms with Gasteiger partial charge in [0.15, 0.2) is 6.10 Å². The molecule has 1 heterocycles. The quantitative estimate of drug-likeness (QED) is 0.351. The van der Waals surface area contributed by atoms with Gasteiger partial charge in [0.1, 0.15) is 24.6 Å². The lowest BCUT2D eigenvalue weighted by Crippen LogP contribution is -2.56. The Hall–Kier alpha value is -3.43. The summed E-state index contributed by atoms with van der Waals surface area (Å²) in [5, 5.41) is 0.492. The first-order valence-corrected chi connectivity index (χ1v) is 12.1. The fourth-order valence-electron chi connectivity index (χ4n) is 4.02. The molecule has 0 saturated carbocycles. The van der Waals surface area contributed by atoms with Gasteiger partial charge in [-0.2, -0.15) is 0 Å². The maximum absolute atomic E-state index is 13.4. The van der Waals surface area contributed by atoms with Gasteiger partial charge in [-0.1, -0.05) is 35.9 Å². The lowest BCUT2D eigenvalue weighted by Gasteiger charge is -2.39. The number of benzene rings is 2. The van der Waals surface area contributed by atoms with E-state index in [0.717, 1.165) is 30.7 Å². The van der Waals surface area contributed by atoms with Gasteiger partial charge in [-0.25, -0.2) is 0 Å². The normalized spacial score (nSPS) is 21.2. The molecule has 2 aromatic carbocycles. The first kappa shape index (κ1) is 28.1. The predicted molar refractivity (Wildman–Crippen MR) is 132 cm³/mol. The van der Waals surface area contributed by atoms with Crippen LogP contribution in [0.2, 0.25) is 5.02 Å². The second-order valence-corrected chi connectivity index (χ2v) is 8.88. The van der Waals surface area contributed by atoms with Gasteiger partial charge >= 0.3 is 17.9 Å². The van der Waals surface area contributed by atoms with E-state index >= 15 is 0 Å². The highest BCUT2D eigenvalue weighted by Gasteiger charge is 2.50. The van der Waals surface area contributed by atoms with E-state index in [-0.39, 0.29) is 6.61 Å². The lowest BCUT2D eigenvalue weighted by molar-refractivity contribution is -0.212. The summed E-state index contributed by atoms with van der Waals surface area (Å²) in [4.78, 5) is 48.4. The Balaban J connectivity index is 1.93. The summed E-state index contributed by atoms with van der Waals surface area (Å²) in [6, 6.07) is 12.6. The molecule has 37 heavy (non-hydrogen) atoms.